The standard InChI is InChI=1S/C16H32O2S/c1-3-4-5-6-7-8-9-10-11-12-14-19-15-13-16(17)18-2/h3-15H2,1-2H3. The highest BCUT2D eigenvalue weighted by atomic mass is 32.2. The van der Waals surface area contributed by atoms with Gasteiger partial charge in [0.15, 0.2) is 0 Å². The van der Waals surface area contributed by atoms with E-state index in [4.69, 9.17) is 0 Å². The van der Waals surface area contributed by atoms with Crippen molar-refractivity contribution in [3.63, 3.8) is 0 Å². The zero-order chi connectivity index (χ0) is 14.2. The second-order valence-corrected chi connectivity index (χ2v) is 6.35. The minimum absolute atomic E-state index is 0.0874. The van der Waals surface area contributed by atoms with Crippen LogP contribution in [-0.2, 0) is 9.53 Å². The maximum absolute atomic E-state index is 10.9. The lowest BCUT2D eigenvalue weighted by atomic mass is 10.1. The zero-order valence-corrected chi connectivity index (χ0v) is 13.7. The van der Waals surface area contributed by atoms with Crippen LogP contribution in [-0.4, -0.2) is 24.6 Å². The molecule has 0 heterocycles. The molecule has 0 radical (unpaired) electrons. The summed E-state index contributed by atoms with van der Waals surface area (Å²) in [5.41, 5.74) is 0. The number of methoxy groups -OCH3 is 1. The summed E-state index contributed by atoms with van der Waals surface area (Å²) in [6, 6.07) is 0. The van der Waals surface area contributed by atoms with Crippen molar-refractivity contribution in [2.24, 2.45) is 0 Å². The van der Waals surface area contributed by atoms with Crippen LogP contribution in [0.5, 0.6) is 0 Å². The number of carbonyl (C=O) groups is 1. The van der Waals surface area contributed by atoms with Crippen LogP contribution < -0.4 is 0 Å². The monoisotopic (exact) mass is 288 g/mol. The van der Waals surface area contributed by atoms with Gasteiger partial charge in [-0.1, -0.05) is 64.7 Å². The molecule has 0 atom stereocenters. The molecule has 0 rings (SSSR count). The Bertz CT molecular complexity index is 195. The number of hydrogen-bond donors (Lipinski definition) is 0. The Balaban J connectivity index is 2.97. The lowest BCUT2D eigenvalue weighted by molar-refractivity contribution is -0.140. The minimum Gasteiger partial charge on any atom is -0.469 e. The van der Waals surface area contributed by atoms with Gasteiger partial charge in [-0.3, -0.25) is 4.79 Å². The first-order valence-electron chi connectivity index (χ1n) is 7.95. The van der Waals surface area contributed by atoms with Gasteiger partial charge in [-0.05, 0) is 12.2 Å². The Kier molecular flexibility index (Phi) is 15.7. The van der Waals surface area contributed by atoms with Gasteiger partial charge in [-0.15, -0.1) is 0 Å². The van der Waals surface area contributed by atoms with Crippen molar-refractivity contribution in [3.05, 3.63) is 0 Å². The van der Waals surface area contributed by atoms with Crippen molar-refractivity contribution in [2.45, 2.75) is 77.6 Å². The van der Waals surface area contributed by atoms with E-state index >= 15 is 0 Å². The largest absolute Gasteiger partial charge is 0.469 e. The molecular formula is C16H32O2S. The molecule has 0 amide bonds. The lowest BCUT2D eigenvalue weighted by Crippen LogP contribution is -2.01. The fourth-order valence-corrected chi connectivity index (χ4v) is 2.97. The van der Waals surface area contributed by atoms with Crippen molar-refractivity contribution in [3.8, 4) is 0 Å². The quantitative estimate of drug-likeness (QED) is 0.324. The lowest BCUT2D eigenvalue weighted by Gasteiger charge is -2.03. The van der Waals surface area contributed by atoms with Crippen molar-refractivity contribution in [2.75, 3.05) is 18.6 Å². The molecule has 0 aromatic carbocycles. The third-order valence-corrected chi connectivity index (χ3v) is 4.39. The number of hydrogen-bond acceptors (Lipinski definition) is 3. The predicted octanol–water partition coefficient (Wildman–Crippen LogP) is 5.20. The molecule has 0 saturated carbocycles. The van der Waals surface area contributed by atoms with Gasteiger partial charge in [0.25, 0.3) is 0 Å². The molecule has 0 saturated heterocycles. The SMILES string of the molecule is CCCCCCCCCCCCSCCC(=O)OC. The molecule has 3 heteroatoms. The van der Waals surface area contributed by atoms with E-state index < -0.39 is 0 Å². The number of rotatable bonds is 14. The van der Waals surface area contributed by atoms with E-state index in [1.54, 1.807) is 0 Å². The van der Waals surface area contributed by atoms with Crippen LogP contribution >= 0.6 is 11.8 Å². The number of carbonyl (C=O) groups excluding carboxylic acids is 1. The second-order valence-electron chi connectivity index (χ2n) is 5.12. The van der Waals surface area contributed by atoms with E-state index in [0.29, 0.717) is 6.42 Å². The molecule has 2 nitrogen and oxygen atoms in total. The number of thioether (sulfide) groups is 1. The molecule has 0 N–H and O–H groups in total. The second kappa shape index (κ2) is 15.9. The Labute approximate surface area is 124 Å². The van der Waals surface area contributed by atoms with Gasteiger partial charge in [-0.2, -0.15) is 11.8 Å². The van der Waals surface area contributed by atoms with Crippen molar-refractivity contribution >= 4 is 17.7 Å². The Hall–Kier alpha value is -0.180. The van der Waals surface area contributed by atoms with Crippen molar-refractivity contribution in [1.82, 2.24) is 0 Å². The fraction of sp³-hybridized carbons (Fsp3) is 0.938. The van der Waals surface area contributed by atoms with Gasteiger partial charge < -0.3 is 4.74 Å². The fourth-order valence-electron chi connectivity index (χ4n) is 2.05. The first-order chi connectivity index (χ1) is 9.31. The van der Waals surface area contributed by atoms with Crippen LogP contribution in [0.2, 0.25) is 0 Å². The summed E-state index contributed by atoms with van der Waals surface area (Å²) in [5.74, 6) is 2.01. The molecule has 0 aliphatic rings. The van der Waals surface area contributed by atoms with Crippen molar-refractivity contribution < 1.29 is 9.53 Å². The first-order valence-corrected chi connectivity index (χ1v) is 9.11. The third kappa shape index (κ3) is 15.8. The molecule has 0 unspecified atom stereocenters. The summed E-state index contributed by atoms with van der Waals surface area (Å²) < 4.78 is 4.60. The van der Waals surface area contributed by atoms with Crippen LogP contribution in [0, 0.1) is 0 Å². The van der Waals surface area contributed by atoms with Gasteiger partial charge in [0.2, 0.25) is 0 Å². The van der Waals surface area contributed by atoms with Gasteiger partial charge in [-0.25, -0.2) is 0 Å². The smallest absolute Gasteiger partial charge is 0.306 e. The normalized spacial score (nSPS) is 10.6. The Morgan fingerprint density at radius 2 is 1.37 bits per heavy atom. The highest BCUT2D eigenvalue weighted by molar-refractivity contribution is 7.99. The average Bonchev–Trinajstić information content (AvgIpc) is 2.43. The molecule has 0 aromatic rings. The number of unbranched alkanes of at least 4 members (excludes halogenated alkanes) is 9. The first kappa shape index (κ1) is 18.8. The molecule has 19 heavy (non-hydrogen) atoms. The Morgan fingerprint density at radius 1 is 0.842 bits per heavy atom. The maximum Gasteiger partial charge on any atom is 0.306 e. The molecule has 0 spiro atoms. The highest BCUT2D eigenvalue weighted by Crippen LogP contribution is 2.12. The van der Waals surface area contributed by atoms with E-state index in [9.17, 15) is 4.79 Å². The molecule has 0 aliphatic heterocycles. The highest BCUT2D eigenvalue weighted by Gasteiger charge is 1.99. The van der Waals surface area contributed by atoms with E-state index in [-0.39, 0.29) is 5.97 Å². The predicted molar refractivity (Wildman–Crippen MR) is 85.8 cm³/mol. The van der Waals surface area contributed by atoms with Gasteiger partial charge in [0, 0.05) is 5.75 Å². The van der Waals surface area contributed by atoms with Crippen LogP contribution in [0.15, 0.2) is 0 Å². The summed E-state index contributed by atoms with van der Waals surface area (Å²) in [7, 11) is 1.45. The molecule has 0 aliphatic carbocycles. The summed E-state index contributed by atoms with van der Waals surface area (Å²) in [5, 5.41) is 0. The molecule has 0 aromatic heterocycles. The zero-order valence-electron chi connectivity index (χ0n) is 12.9. The summed E-state index contributed by atoms with van der Waals surface area (Å²) in [6.07, 6.45) is 14.4. The van der Waals surface area contributed by atoms with E-state index in [1.165, 1.54) is 77.1 Å². The van der Waals surface area contributed by atoms with Gasteiger partial charge in [0.1, 0.15) is 0 Å². The van der Waals surface area contributed by atoms with Gasteiger partial charge in [0.05, 0.1) is 13.5 Å². The summed E-state index contributed by atoms with van der Waals surface area (Å²) >= 11 is 1.87. The number of esters is 1. The molecule has 114 valence electrons. The summed E-state index contributed by atoms with van der Waals surface area (Å²) in [4.78, 5) is 10.9. The number of ether oxygens (including phenoxy) is 1. The van der Waals surface area contributed by atoms with Crippen molar-refractivity contribution in [1.29, 1.82) is 0 Å². The average molecular weight is 288 g/mol. The van der Waals surface area contributed by atoms with Gasteiger partial charge >= 0.3 is 5.97 Å². The van der Waals surface area contributed by atoms with E-state index in [2.05, 4.69) is 11.7 Å². The summed E-state index contributed by atoms with van der Waals surface area (Å²) in [6.45, 7) is 2.27. The minimum atomic E-state index is -0.0874. The van der Waals surface area contributed by atoms with E-state index in [0.717, 1.165) is 5.75 Å². The maximum atomic E-state index is 10.9. The van der Waals surface area contributed by atoms with Crippen LogP contribution in [0.25, 0.3) is 0 Å². The Morgan fingerprint density at radius 3 is 1.89 bits per heavy atom. The van der Waals surface area contributed by atoms with E-state index in [1.807, 2.05) is 11.8 Å². The van der Waals surface area contributed by atoms with Crippen LogP contribution in [0.3, 0.4) is 0 Å². The molecule has 0 bridgehead atoms. The van der Waals surface area contributed by atoms with Crippen LogP contribution in [0.1, 0.15) is 77.6 Å². The topological polar surface area (TPSA) is 26.3 Å². The van der Waals surface area contributed by atoms with Crippen LogP contribution in [0.4, 0.5) is 0 Å². The molecule has 0 fully saturated rings. The molecular weight excluding hydrogens is 256 g/mol. The third-order valence-electron chi connectivity index (χ3n) is 3.32.